The number of nitriles is 1. The summed E-state index contributed by atoms with van der Waals surface area (Å²) >= 11 is 0. The molecule has 0 heterocycles. The standard InChI is InChI=1S/C28H31NO.2C2H6/c1-19(25-20(2)27(3,4)28(5,6)26(25)30)17-23(21-13-9-7-10-14-21)24(18-29)22-15-11-8-12-16-22;2*1-2/h7-16,23-24H,1,17H2,2-6H3;2*1-2H3. The summed E-state index contributed by atoms with van der Waals surface area (Å²) in [7, 11) is 0. The lowest BCUT2D eigenvalue weighted by Crippen LogP contribution is -2.34. The number of carbonyl (C=O) groups is 1. The molecule has 0 fully saturated rings. The van der Waals surface area contributed by atoms with Gasteiger partial charge in [-0.3, -0.25) is 4.79 Å². The van der Waals surface area contributed by atoms with E-state index >= 15 is 0 Å². The number of benzene rings is 2. The summed E-state index contributed by atoms with van der Waals surface area (Å²) in [6.45, 7) is 22.7. The fraction of sp³-hybridized carbons (Fsp3) is 0.438. The number of hydrogen-bond acceptors (Lipinski definition) is 2. The van der Waals surface area contributed by atoms with Gasteiger partial charge in [0.05, 0.1) is 12.0 Å². The van der Waals surface area contributed by atoms with Crippen LogP contribution in [0.1, 0.15) is 91.7 Å². The monoisotopic (exact) mass is 457 g/mol. The molecule has 0 bridgehead atoms. The molecule has 0 aromatic heterocycles. The van der Waals surface area contributed by atoms with Gasteiger partial charge in [-0.2, -0.15) is 5.26 Å². The van der Waals surface area contributed by atoms with Crippen LogP contribution in [0.3, 0.4) is 0 Å². The first-order valence-corrected chi connectivity index (χ1v) is 12.6. The fourth-order valence-electron chi connectivity index (χ4n) is 4.53. The summed E-state index contributed by atoms with van der Waals surface area (Å²) in [6.07, 6.45) is 0.571. The molecule has 34 heavy (non-hydrogen) atoms. The summed E-state index contributed by atoms with van der Waals surface area (Å²) in [5.74, 6) is -0.232. The van der Waals surface area contributed by atoms with Crippen molar-refractivity contribution in [2.24, 2.45) is 10.8 Å². The van der Waals surface area contributed by atoms with Gasteiger partial charge in [0.2, 0.25) is 0 Å². The van der Waals surface area contributed by atoms with Gasteiger partial charge >= 0.3 is 0 Å². The fourth-order valence-corrected chi connectivity index (χ4v) is 4.53. The zero-order valence-electron chi connectivity index (χ0n) is 22.7. The molecule has 2 nitrogen and oxygen atoms in total. The molecule has 2 aromatic rings. The van der Waals surface area contributed by atoms with Gasteiger partial charge in [-0.1, -0.05) is 128 Å². The highest BCUT2D eigenvalue weighted by atomic mass is 16.1. The molecule has 1 aliphatic carbocycles. The maximum atomic E-state index is 13.3. The molecule has 0 spiro atoms. The predicted molar refractivity (Wildman–Crippen MR) is 146 cm³/mol. The minimum absolute atomic E-state index is 0.0778. The lowest BCUT2D eigenvalue weighted by molar-refractivity contribution is -0.125. The van der Waals surface area contributed by atoms with E-state index in [0.717, 1.165) is 27.8 Å². The molecule has 2 heteroatoms. The summed E-state index contributed by atoms with van der Waals surface area (Å²) in [5.41, 5.74) is 4.10. The van der Waals surface area contributed by atoms with E-state index in [1.54, 1.807) is 0 Å². The second kappa shape index (κ2) is 12.5. The minimum atomic E-state index is -0.467. The summed E-state index contributed by atoms with van der Waals surface area (Å²) in [5, 5.41) is 10.1. The van der Waals surface area contributed by atoms with Gasteiger partial charge in [-0.05, 0) is 35.5 Å². The van der Waals surface area contributed by atoms with Gasteiger partial charge in [0.1, 0.15) is 0 Å². The van der Waals surface area contributed by atoms with Crippen LogP contribution in [-0.2, 0) is 4.79 Å². The van der Waals surface area contributed by atoms with Gasteiger partial charge in [0.25, 0.3) is 0 Å². The molecule has 0 radical (unpaired) electrons. The lowest BCUT2D eigenvalue weighted by atomic mass is 9.67. The third-order valence-electron chi connectivity index (χ3n) is 7.42. The van der Waals surface area contributed by atoms with Crippen molar-refractivity contribution in [2.45, 2.75) is 80.6 Å². The van der Waals surface area contributed by atoms with Crippen molar-refractivity contribution in [1.82, 2.24) is 0 Å². The molecule has 2 atom stereocenters. The van der Waals surface area contributed by atoms with Crippen LogP contribution >= 0.6 is 0 Å². The van der Waals surface area contributed by atoms with Crippen LogP contribution in [0.2, 0.25) is 0 Å². The topological polar surface area (TPSA) is 40.9 Å². The smallest absolute Gasteiger partial charge is 0.169 e. The number of nitrogens with zero attached hydrogens (tertiary/aromatic N) is 1. The lowest BCUT2D eigenvalue weighted by Gasteiger charge is -2.35. The number of ketones is 1. The van der Waals surface area contributed by atoms with Gasteiger partial charge in [0.15, 0.2) is 5.78 Å². The first kappa shape index (κ1) is 29.1. The maximum Gasteiger partial charge on any atom is 0.169 e. The summed E-state index contributed by atoms with van der Waals surface area (Å²) < 4.78 is 0. The molecule has 1 aliphatic rings. The Hall–Kier alpha value is -2.92. The van der Waals surface area contributed by atoms with E-state index in [2.05, 4.69) is 45.6 Å². The van der Waals surface area contributed by atoms with E-state index in [1.165, 1.54) is 0 Å². The average Bonchev–Trinajstić information content (AvgIpc) is 2.98. The molecular weight excluding hydrogens is 414 g/mol. The van der Waals surface area contributed by atoms with Gasteiger partial charge in [-0.25, -0.2) is 0 Å². The van der Waals surface area contributed by atoms with Crippen molar-refractivity contribution < 1.29 is 4.79 Å². The molecule has 0 aliphatic heterocycles. The molecule has 2 aromatic carbocycles. The van der Waals surface area contributed by atoms with Gasteiger partial charge < -0.3 is 0 Å². The van der Waals surface area contributed by atoms with Crippen molar-refractivity contribution in [1.29, 1.82) is 5.26 Å². The number of carbonyl (C=O) groups excluding carboxylic acids is 1. The zero-order valence-corrected chi connectivity index (χ0v) is 22.7. The third-order valence-corrected chi connectivity index (χ3v) is 7.42. The van der Waals surface area contributed by atoms with Gasteiger partial charge in [0, 0.05) is 16.9 Å². The van der Waals surface area contributed by atoms with Gasteiger partial charge in [-0.15, -0.1) is 0 Å². The summed E-state index contributed by atoms with van der Waals surface area (Å²) in [4.78, 5) is 13.3. The van der Waals surface area contributed by atoms with E-state index in [1.807, 2.05) is 90.1 Å². The molecule has 2 unspecified atom stereocenters. The molecular formula is C32H43NO. The van der Waals surface area contributed by atoms with E-state index < -0.39 is 5.41 Å². The van der Waals surface area contributed by atoms with Crippen LogP contribution in [0.4, 0.5) is 0 Å². The number of allylic oxidation sites excluding steroid dienone is 3. The Morgan fingerprint density at radius 3 is 1.68 bits per heavy atom. The largest absolute Gasteiger partial charge is 0.294 e. The molecule has 0 amide bonds. The Morgan fingerprint density at radius 1 is 0.853 bits per heavy atom. The predicted octanol–water partition coefficient (Wildman–Crippen LogP) is 9.03. The van der Waals surface area contributed by atoms with Crippen LogP contribution in [0.5, 0.6) is 0 Å². The minimum Gasteiger partial charge on any atom is -0.294 e. The Balaban J connectivity index is 0.00000137. The highest BCUT2D eigenvalue weighted by Gasteiger charge is 2.52. The Labute approximate surface area is 208 Å². The van der Waals surface area contributed by atoms with E-state index in [0.29, 0.717) is 6.42 Å². The molecule has 0 N–H and O–H groups in total. The van der Waals surface area contributed by atoms with Crippen molar-refractivity contribution in [3.63, 3.8) is 0 Å². The maximum absolute atomic E-state index is 13.3. The van der Waals surface area contributed by atoms with Crippen LogP contribution in [-0.4, -0.2) is 5.78 Å². The highest BCUT2D eigenvalue weighted by molar-refractivity contribution is 6.07. The van der Waals surface area contributed by atoms with Crippen molar-refractivity contribution >= 4 is 5.78 Å². The van der Waals surface area contributed by atoms with E-state index in [9.17, 15) is 10.1 Å². The Kier molecular flexibility index (Phi) is 10.7. The van der Waals surface area contributed by atoms with Crippen LogP contribution in [0.15, 0.2) is 84.0 Å². The Bertz CT molecular complexity index is 1020. The second-order valence-corrected chi connectivity index (χ2v) is 9.42. The van der Waals surface area contributed by atoms with Crippen LogP contribution in [0.25, 0.3) is 0 Å². The second-order valence-electron chi connectivity index (χ2n) is 9.42. The molecule has 0 saturated heterocycles. The quantitative estimate of drug-likeness (QED) is 0.434. The first-order valence-electron chi connectivity index (χ1n) is 12.6. The molecule has 182 valence electrons. The number of hydrogen-bond donors (Lipinski definition) is 0. The van der Waals surface area contributed by atoms with E-state index in [-0.39, 0.29) is 23.0 Å². The summed E-state index contributed by atoms with van der Waals surface area (Å²) in [6, 6.07) is 22.6. The average molecular weight is 458 g/mol. The zero-order chi connectivity index (χ0) is 26.1. The highest BCUT2D eigenvalue weighted by Crippen LogP contribution is 2.55. The SMILES string of the molecule is C=C(CC(c1ccccc1)C(C#N)c1ccccc1)C1=C(C)C(C)(C)C(C)(C)C1=O.CC.CC. The molecule has 3 rings (SSSR count). The van der Waals surface area contributed by atoms with Crippen LogP contribution < -0.4 is 0 Å². The molecule has 0 saturated carbocycles. The van der Waals surface area contributed by atoms with Crippen molar-refractivity contribution in [3.8, 4) is 6.07 Å². The Morgan fingerprint density at radius 2 is 1.29 bits per heavy atom. The normalized spacial score (nSPS) is 17.4. The number of rotatable bonds is 6. The first-order chi connectivity index (χ1) is 16.1. The van der Waals surface area contributed by atoms with E-state index in [4.69, 9.17) is 0 Å². The third kappa shape index (κ3) is 5.58. The van der Waals surface area contributed by atoms with Crippen molar-refractivity contribution in [3.05, 3.63) is 95.1 Å². The number of Topliss-reactive ketones (excluding diaryl/α,β-unsaturated/α-hetero) is 1. The van der Waals surface area contributed by atoms with Crippen molar-refractivity contribution in [2.75, 3.05) is 0 Å². The van der Waals surface area contributed by atoms with Crippen LogP contribution in [0, 0.1) is 22.2 Å².